The molecule has 0 heterocycles. The summed E-state index contributed by atoms with van der Waals surface area (Å²) in [5.41, 5.74) is 0. The van der Waals surface area contributed by atoms with E-state index in [9.17, 15) is 0 Å². The molecule has 0 aliphatic rings. The predicted molar refractivity (Wildman–Crippen MR) is 26.3 cm³/mol. The topological polar surface area (TPSA) is 142 Å². The SMILES string of the molecule is O=C=O.O=O.O=O.[C-]#[O+].[C-]#[O+]. The van der Waals surface area contributed by atoms with Crippen LogP contribution in [0.5, 0.6) is 0 Å². The third kappa shape index (κ3) is 78.6. The Morgan fingerprint density at radius 1 is 0.727 bits per heavy atom. The number of rotatable bonds is 0. The minimum absolute atomic E-state index is 0.250. The molecule has 0 rings (SSSR count). The molecular weight excluding hydrogens is 164 g/mol. The van der Waals surface area contributed by atoms with Crippen LogP contribution < -0.4 is 0 Å². The molecule has 0 atom stereocenters. The number of carbonyl (C=O) groups excluding carboxylic acids is 2. The molecule has 0 N–H and O–H groups in total. The molecule has 11 heavy (non-hydrogen) atoms. The van der Waals surface area contributed by atoms with E-state index in [0.29, 0.717) is 0 Å². The van der Waals surface area contributed by atoms with E-state index < -0.39 is 0 Å². The fourth-order valence-corrected chi connectivity index (χ4v) is 0. The van der Waals surface area contributed by atoms with Crippen molar-refractivity contribution in [2.45, 2.75) is 0 Å². The van der Waals surface area contributed by atoms with E-state index in [4.69, 9.17) is 38.8 Å². The average Bonchev–Trinajstić information content (AvgIpc) is 2.18. The summed E-state index contributed by atoms with van der Waals surface area (Å²) in [6.07, 6.45) is 0.250. The van der Waals surface area contributed by atoms with E-state index in [0.717, 1.165) is 0 Å². The van der Waals surface area contributed by atoms with Crippen LogP contribution in [0.4, 0.5) is 0 Å². The third-order valence-electron chi connectivity index (χ3n) is 0. The fraction of sp³-hybridized carbons (Fsp3) is 0. The van der Waals surface area contributed by atoms with Gasteiger partial charge in [-0.3, -0.25) is 0 Å². The van der Waals surface area contributed by atoms with Gasteiger partial charge in [0.1, 0.15) is 0 Å². The molecule has 0 bridgehead atoms. The van der Waals surface area contributed by atoms with Gasteiger partial charge in [0.2, 0.25) is 0 Å². The van der Waals surface area contributed by atoms with Crippen molar-refractivity contribution in [1.82, 2.24) is 0 Å². The van der Waals surface area contributed by atoms with Gasteiger partial charge in [-0.25, -0.2) is 0 Å². The standard InChI is InChI=1S/CO2.2CO.2O2/c2-1-3;4*1-2. The molecule has 0 amide bonds. The zero-order valence-electron chi connectivity index (χ0n) is 4.77. The quantitative estimate of drug-likeness (QED) is 0.347. The van der Waals surface area contributed by atoms with Crippen molar-refractivity contribution in [3.63, 3.8) is 0 Å². The van der Waals surface area contributed by atoms with Crippen LogP contribution in [0.2, 0.25) is 0 Å². The summed E-state index contributed by atoms with van der Waals surface area (Å²) in [7, 11) is 0. The monoisotopic (exact) mass is 164 g/mol. The summed E-state index contributed by atoms with van der Waals surface area (Å²) in [5, 5.41) is 0. The van der Waals surface area contributed by atoms with Crippen LogP contribution in [0.15, 0.2) is 0 Å². The molecule has 8 heteroatoms. The first-order chi connectivity index (χ1) is 5.41. The van der Waals surface area contributed by atoms with Crippen molar-refractivity contribution in [3.05, 3.63) is 33.2 Å². The molecule has 0 unspecified atom stereocenters. The fourth-order valence-electron chi connectivity index (χ4n) is 0. The van der Waals surface area contributed by atoms with Gasteiger partial charge in [-0.05, 0) is 0 Å². The third-order valence-corrected chi connectivity index (χ3v) is 0. The Kier molecular flexibility index (Phi) is 1480. The van der Waals surface area contributed by atoms with Crippen LogP contribution in [0.3, 0.4) is 0 Å². The van der Waals surface area contributed by atoms with E-state index in [2.05, 4.69) is 13.3 Å². The van der Waals surface area contributed by atoms with Crippen molar-refractivity contribution in [2.75, 3.05) is 0 Å². The van der Waals surface area contributed by atoms with E-state index in [-0.39, 0.29) is 6.15 Å². The van der Waals surface area contributed by atoms with Gasteiger partial charge >= 0.3 is 28.8 Å². The Balaban J connectivity index is -0.0000000139. The maximum absolute atomic E-state index is 8.12. The first kappa shape index (κ1) is 35.7. The first-order valence-electron chi connectivity index (χ1n) is 1.15. The Morgan fingerprint density at radius 3 is 0.727 bits per heavy atom. The van der Waals surface area contributed by atoms with Crippen LogP contribution in [0.1, 0.15) is 0 Å². The molecule has 0 spiro atoms. The van der Waals surface area contributed by atoms with Crippen LogP contribution in [0, 0.1) is 33.2 Å². The predicted octanol–water partition coefficient (Wildman–Crippen LogP) is -0.525. The molecule has 0 aliphatic carbocycles. The zero-order valence-corrected chi connectivity index (χ0v) is 4.77. The van der Waals surface area contributed by atoms with Gasteiger partial charge in [-0.1, -0.05) is 0 Å². The summed E-state index contributed by atoms with van der Waals surface area (Å²) in [5.74, 6) is 0. The van der Waals surface area contributed by atoms with Crippen molar-refractivity contribution >= 4 is 6.15 Å². The number of hydrogen-bond donors (Lipinski definition) is 0. The molecule has 0 aliphatic heterocycles. The molecule has 0 aromatic heterocycles. The Morgan fingerprint density at radius 2 is 0.727 bits per heavy atom. The molecule has 0 aromatic rings. The second-order valence-electron chi connectivity index (χ2n) is 0.0833. The molecule has 0 saturated carbocycles. The maximum atomic E-state index is 8.12. The zero-order chi connectivity index (χ0) is 10.7. The summed E-state index contributed by atoms with van der Waals surface area (Å²) >= 11 is 0. The average molecular weight is 164 g/mol. The van der Waals surface area contributed by atoms with Crippen molar-refractivity contribution < 1.29 is 18.9 Å². The van der Waals surface area contributed by atoms with Crippen molar-refractivity contribution in [3.8, 4) is 0 Å². The van der Waals surface area contributed by atoms with E-state index in [1.54, 1.807) is 0 Å². The Bertz CT molecular complexity index is 88.4. The van der Waals surface area contributed by atoms with Crippen LogP contribution >= 0.6 is 0 Å². The number of hydrogen-bond acceptors (Lipinski definition) is 6. The van der Waals surface area contributed by atoms with E-state index in [1.165, 1.54) is 0 Å². The van der Waals surface area contributed by atoms with Crippen molar-refractivity contribution in [1.29, 1.82) is 0 Å². The van der Waals surface area contributed by atoms with Gasteiger partial charge in [-0.15, -0.1) is 0 Å². The molecular formula is C3O8. The van der Waals surface area contributed by atoms with Gasteiger partial charge in [0, 0.05) is 19.9 Å². The second-order valence-corrected chi connectivity index (χ2v) is 0.0833. The minimum atomic E-state index is 0.250. The molecule has 0 aromatic carbocycles. The molecule has 60 valence electrons. The first-order valence-corrected chi connectivity index (χ1v) is 1.15. The Hall–Kier alpha value is -1.94. The van der Waals surface area contributed by atoms with Gasteiger partial charge in [-0.2, -0.15) is 9.59 Å². The van der Waals surface area contributed by atoms with Crippen LogP contribution in [-0.4, -0.2) is 6.15 Å². The van der Waals surface area contributed by atoms with Crippen LogP contribution in [-0.2, 0) is 18.9 Å². The molecule has 0 radical (unpaired) electrons. The van der Waals surface area contributed by atoms with Crippen molar-refractivity contribution in [2.24, 2.45) is 0 Å². The summed E-state index contributed by atoms with van der Waals surface area (Å²) in [6.45, 7) is 9.00. The van der Waals surface area contributed by atoms with E-state index in [1.807, 2.05) is 0 Å². The van der Waals surface area contributed by atoms with Gasteiger partial charge in [0.25, 0.3) is 0 Å². The molecule has 0 fully saturated rings. The molecule has 8 nitrogen and oxygen atoms in total. The van der Waals surface area contributed by atoms with Gasteiger partial charge < -0.3 is 0 Å². The van der Waals surface area contributed by atoms with Gasteiger partial charge in [0.15, 0.2) is 0 Å². The summed E-state index contributed by atoms with van der Waals surface area (Å²) in [4.78, 5) is 44.2. The van der Waals surface area contributed by atoms with Gasteiger partial charge in [0.05, 0.1) is 0 Å². The van der Waals surface area contributed by atoms with E-state index >= 15 is 0 Å². The normalized spacial score (nSPS) is 1.82. The summed E-state index contributed by atoms with van der Waals surface area (Å²) < 4.78 is 15.0. The second kappa shape index (κ2) is 455. The Labute approximate surface area is 59.4 Å². The van der Waals surface area contributed by atoms with Crippen LogP contribution in [0.25, 0.3) is 0 Å². The summed E-state index contributed by atoms with van der Waals surface area (Å²) in [6, 6.07) is 0. The molecule has 0 saturated heterocycles.